The average molecular weight is 359 g/mol. The Labute approximate surface area is 143 Å². The fraction of sp³-hybridized carbons (Fsp3) is 0.118. The summed E-state index contributed by atoms with van der Waals surface area (Å²) in [5.41, 5.74) is 0.205. The third kappa shape index (κ3) is 2.91. The second kappa shape index (κ2) is 6.14. The van der Waals surface area contributed by atoms with Gasteiger partial charge in [-0.15, -0.1) is 0 Å². The number of carbonyl (C=O) groups is 3. The van der Waals surface area contributed by atoms with Crippen LogP contribution in [0.15, 0.2) is 53.4 Å². The molecular formula is C17H13NO6S. The predicted octanol–water partition coefficient (Wildman–Crippen LogP) is 1.85. The molecule has 2 amide bonds. The number of amides is 2. The molecule has 0 aromatic heterocycles. The topological polar surface area (TPSA) is 97.8 Å². The van der Waals surface area contributed by atoms with E-state index in [9.17, 15) is 22.8 Å². The van der Waals surface area contributed by atoms with E-state index < -0.39 is 27.6 Å². The van der Waals surface area contributed by atoms with E-state index in [2.05, 4.69) is 0 Å². The number of carbonyl (C=O) groups excluding carboxylic acids is 3. The van der Waals surface area contributed by atoms with Crippen LogP contribution < -0.4 is 0 Å². The van der Waals surface area contributed by atoms with Crippen molar-refractivity contribution in [3.63, 3.8) is 0 Å². The molecule has 1 aliphatic heterocycles. The van der Waals surface area contributed by atoms with Crippen molar-refractivity contribution >= 4 is 27.6 Å². The highest BCUT2D eigenvalue weighted by atomic mass is 32.2. The van der Waals surface area contributed by atoms with Gasteiger partial charge in [-0.1, -0.05) is 30.2 Å². The normalized spacial score (nSPS) is 13.7. The molecule has 0 saturated carbocycles. The maximum atomic E-state index is 12.2. The Balaban J connectivity index is 1.86. The lowest BCUT2D eigenvalue weighted by atomic mass is 10.1. The average Bonchev–Trinajstić information content (AvgIpc) is 2.87. The van der Waals surface area contributed by atoms with Crippen molar-refractivity contribution < 1.29 is 27.6 Å². The van der Waals surface area contributed by atoms with Gasteiger partial charge in [0.2, 0.25) is 0 Å². The summed E-state index contributed by atoms with van der Waals surface area (Å²) >= 11 is 0. The highest BCUT2D eigenvalue weighted by Gasteiger charge is 2.38. The zero-order chi connectivity index (χ0) is 18.2. The molecule has 2 aromatic carbocycles. The SMILES string of the molecule is CCS(=O)(=O)c1cccc(C(=O)ON2C(=O)c3ccccc3C2=O)c1. The van der Waals surface area contributed by atoms with Gasteiger partial charge in [-0.05, 0) is 30.3 Å². The Bertz CT molecular complexity index is 961. The van der Waals surface area contributed by atoms with Gasteiger partial charge in [-0.3, -0.25) is 9.59 Å². The zero-order valence-corrected chi connectivity index (χ0v) is 13.9. The molecule has 0 spiro atoms. The van der Waals surface area contributed by atoms with Gasteiger partial charge < -0.3 is 4.84 Å². The number of hydrogen-bond donors (Lipinski definition) is 0. The first kappa shape index (κ1) is 16.8. The van der Waals surface area contributed by atoms with Crippen LogP contribution in [-0.2, 0) is 14.7 Å². The van der Waals surface area contributed by atoms with E-state index >= 15 is 0 Å². The summed E-state index contributed by atoms with van der Waals surface area (Å²) in [6.45, 7) is 1.49. The smallest absolute Gasteiger partial charge is 0.324 e. The maximum absolute atomic E-state index is 12.2. The molecule has 0 atom stereocenters. The summed E-state index contributed by atoms with van der Waals surface area (Å²) in [5, 5.41) is 0.383. The molecule has 0 N–H and O–H groups in total. The first-order valence-corrected chi connectivity index (χ1v) is 9.03. The largest absolute Gasteiger partial charge is 0.363 e. The van der Waals surface area contributed by atoms with Crippen molar-refractivity contribution in [2.45, 2.75) is 11.8 Å². The van der Waals surface area contributed by atoms with Crippen LogP contribution in [0.1, 0.15) is 38.0 Å². The van der Waals surface area contributed by atoms with Crippen molar-refractivity contribution in [1.29, 1.82) is 0 Å². The van der Waals surface area contributed by atoms with E-state index in [4.69, 9.17) is 4.84 Å². The number of rotatable bonds is 4. The Kier molecular flexibility index (Phi) is 4.13. The highest BCUT2D eigenvalue weighted by molar-refractivity contribution is 7.91. The highest BCUT2D eigenvalue weighted by Crippen LogP contribution is 2.23. The van der Waals surface area contributed by atoms with Crippen LogP contribution in [0.3, 0.4) is 0 Å². The van der Waals surface area contributed by atoms with Crippen LogP contribution in [0.25, 0.3) is 0 Å². The standard InChI is InChI=1S/C17H13NO6S/c1-2-25(22,23)12-7-5-6-11(10-12)17(21)24-18-15(19)13-8-3-4-9-14(13)16(18)20/h3-10H,2H2,1H3. The molecule has 8 heteroatoms. The molecule has 3 rings (SSSR count). The minimum atomic E-state index is -3.50. The van der Waals surface area contributed by atoms with Crippen LogP contribution >= 0.6 is 0 Å². The van der Waals surface area contributed by atoms with Gasteiger partial charge >= 0.3 is 5.97 Å². The van der Waals surface area contributed by atoms with Crippen molar-refractivity contribution in [1.82, 2.24) is 5.06 Å². The van der Waals surface area contributed by atoms with E-state index in [-0.39, 0.29) is 27.3 Å². The van der Waals surface area contributed by atoms with E-state index in [1.807, 2.05) is 0 Å². The van der Waals surface area contributed by atoms with Gasteiger partial charge in [0.15, 0.2) is 9.84 Å². The summed E-state index contributed by atoms with van der Waals surface area (Å²) in [7, 11) is -3.50. The minimum absolute atomic E-state index is 0.0354. The first-order chi connectivity index (χ1) is 11.8. The molecule has 2 aromatic rings. The number of imide groups is 1. The predicted molar refractivity (Wildman–Crippen MR) is 86.5 cm³/mol. The van der Waals surface area contributed by atoms with E-state index in [0.29, 0.717) is 5.06 Å². The molecule has 25 heavy (non-hydrogen) atoms. The second-order valence-electron chi connectivity index (χ2n) is 5.26. The van der Waals surface area contributed by atoms with Gasteiger partial charge in [0.1, 0.15) is 0 Å². The minimum Gasteiger partial charge on any atom is -0.324 e. The van der Waals surface area contributed by atoms with Crippen LogP contribution in [0.5, 0.6) is 0 Å². The number of hydroxylamine groups is 2. The summed E-state index contributed by atoms with van der Waals surface area (Å²) in [4.78, 5) is 41.5. The number of nitrogens with zero attached hydrogens (tertiary/aromatic N) is 1. The lowest BCUT2D eigenvalue weighted by Crippen LogP contribution is -2.32. The second-order valence-corrected chi connectivity index (χ2v) is 7.54. The molecule has 0 fully saturated rings. The van der Waals surface area contributed by atoms with Crippen LogP contribution in [0.4, 0.5) is 0 Å². The molecule has 128 valence electrons. The van der Waals surface area contributed by atoms with Gasteiger partial charge in [0.05, 0.1) is 27.3 Å². The monoisotopic (exact) mass is 359 g/mol. The maximum Gasteiger partial charge on any atom is 0.363 e. The third-order valence-electron chi connectivity index (χ3n) is 3.74. The molecule has 1 aliphatic rings. The Morgan fingerprint density at radius 1 is 1.00 bits per heavy atom. The van der Waals surface area contributed by atoms with Crippen molar-refractivity contribution in [3.8, 4) is 0 Å². The summed E-state index contributed by atoms with van der Waals surface area (Å²) in [6, 6.07) is 11.3. The summed E-state index contributed by atoms with van der Waals surface area (Å²) < 4.78 is 23.8. The van der Waals surface area contributed by atoms with E-state index in [1.165, 1.54) is 37.3 Å². The molecule has 0 bridgehead atoms. The Morgan fingerprint density at radius 2 is 1.60 bits per heavy atom. The van der Waals surface area contributed by atoms with Gasteiger partial charge in [-0.2, -0.15) is 0 Å². The molecule has 0 saturated heterocycles. The van der Waals surface area contributed by atoms with Crippen LogP contribution in [-0.4, -0.2) is 37.0 Å². The van der Waals surface area contributed by atoms with Crippen molar-refractivity contribution in [3.05, 3.63) is 65.2 Å². The van der Waals surface area contributed by atoms with Crippen molar-refractivity contribution in [2.24, 2.45) is 0 Å². The quantitative estimate of drug-likeness (QED) is 0.773. The number of hydrogen-bond acceptors (Lipinski definition) is 6. The third-order valence-corrected chi connectivity index (χ3v) is 5.47. The molecular weight excluding hydrogens is 346 g/mol. The molecule has 0 radical (unpaired) electrons. The molecule has 0 aliphatic carbocycles. The Morgan fingerprint density at radius 3 is 2.16 bits per heavy atom. The number of benzene rings is 2. The molecule has 7 nitrogen and oxygen atoms in total. The van der Waals surface area contributed by atoms with E-state index in [0.717, 1.165) is 6.07 Å². The molecule has 1 heterocycles. The zero-order valence-electron chi connectivity index (χ0n) is 13.1. The van der Waals surface area contributed by atoms with Gasteiger partial charge in [0, 0.05) is 0 Å². The van der Waals surface area contributed by atoms with E-state index in [1.54, 1.807) is 12.1 Å². The summed E-state index contributed by atoms with van der Waals surface area (Å²) in [6.07, 6.45) is 0. The lowest BCUT2D eigenvalue weighted by Gasteiger charge is -2.13. The first-order valence-electron chi connectivity index (χ1n) is 7.38. The lowest BCUT2D eigenvalue weighted by molar-refractivity contribution is -0.0584. The Hall–Kier alpha value is -3.00. The van der Waals surface area contributed by atoms with Crippen LogP contribution in [0, 0.1) is 0 Å². The fourth-order valence-electron chi connectivity index (χ4n) is 2.37. The van der Waals surface area contributed by atoms with Crippen LogP contribution in [0.2, 0.25) is 0 Å². The number of sulfone groups is 1. The number of fused-ring (bicyclic) bond motifs is 1. The fourth-order valence-corrected chi connectivity index (χ4v) is 3.29. The summed E-state index contributed by atoms with van der Waals surface area (Å²) in [5.74, 6) is -2.61. The molecule has 0 unspecified atom stereocenters. The van der Waals surface area contributed by atoms with Gasteiger partial charge in [-0.25, -0.2) is 13.2 Å². The van der Waals surface area contributed by atoms with Crippen molar-refractivity contribution in [2.75, 3.05) is 5.75 Å². The van der Waals surface area contributed by atoms with Gasteiger partial charge in [0.25, 0.3) is 11.8 Å².